The topological polar surface area (TPSA) is 73.9 Å². The summed E-state index contributed by atoms with van der Waals surface area (Å²) in [6.07, 6.45) is 4.22. The minimum atomic E-state index is -0.512. The van der Waals surface area contributed by atoms with E-state index in [1.54, 1.807) is 6.08 Å². The summed E-state index contributed by atoms with van der Waals surface area (Å²) in [7, 11) is 0. The van der Waals surface area contributed by atoms with E-state index in [0.29, 0.717) is 6.54 Å². The third-order valence-electron chi connectivity index (χ3n) is 4.62. The third kappa shape index (κ3) is 7.48. The molecule has 0 aromatic heterocycles. The first kappa shape index (κ1) is 22.4. The number of amides is 1. The van der Waals surface area contributed by atoms with E-state index in [2.05, 4.69) is 5.32 Å². The Kier molecular flexibility index (Phi) is 7.34. The van der Waals surface area contributed by atoms with Crippen LogP contribution in [-0.2, 0) is 27.3 Å². The lowest BCUT2D eigenvalue weighted by Crippen LogP contribution is -2.37. The van der Waals surface area contributed by atoms with Crippen LogP contribution in [-0.4, -0.2) is 30.3 Å². The highest BCUT2D eigenvalue weighted by atomic mass is 16.6. The Labute approximate surface area is 183 Å². The summed E-state index contributed by atoms with van der Waals surface area (Å²) in [5.41, 5.74) is 2.42. The lowest BCUT2D eigenvalue weighted by atomic mass is 9.99. The number of alkyl carbamates (subject to hydrolysis) is 1. The molecule has 1 amide bonds. The number of aryl methyl sites for hydroxylation is 1. The van der Waals surface area contributed by atoms with Gasteiger partial charge < -0.3 is 19.5 Å². The van der Waals surface area contributed by atoms with Gasteiger partial charge in [-0.3, -0.25) is 0 Å². The second-order valence-corrected chi connectivity index (χ2v) is 8.46. The van der Waals surface area contributed by atoms with Crippen LogP contribution in [0.1, 0.15) is 43.9 Å². The predicted octanol–water partition coefficient (Wildman–Crippen LogP) is 4.66. The summed E-state index contributed by atoms with van der Waals surface area (Å²) < 4.78 is 16.5. The molecular weight excluding hydrogens is 394 g/mol. The van der Waals surface area contributed by atoms with Crippen molar-refractivity contribution in [2.24, 2.45) is 0 Å². The fraction of sp³-hybridized carbons (Fsp3) is 0.360. The summed E-state index contributed by atoms with van der Waals surface area (Å²) in [4.78, 5) is 23.8. The highest BCUT2D eigenvalue weighted by Gasteiger charge is 2.21. The van der Waals surface area contributed by atoms with Gasteiger partial charge in [0.1, 0.15) is 24.1 Å². The molecule has 0 bridgehead atoms. The summed E-state index contributed by atoms with van der Waals surface area (Å²) in [6.45, 7) is 6.13. The normalized spacial score (nSPS) is 15.6. The molecule has 0 radical (unpaired) electrons. The van der Waals surface area contributed by atoms with Crippen molar-refractivity contribution in [1.82, 2.24) is 5.32 Å². The van der Waals surface area contributed by atoms with Crippen molar-refractivity contribution >= 4 is 18.1 Å². The number of nitrogens with one attached hydrogen (secondary N) is 1. The highest BCUT2D eigenvalue weighted by Crippen LogP contribution is 2.28. The van der Waals surface area contributed by atoms with Crippen molar-refractivity contribution in [2.45, 2.75) is 51.9 Å². The fourth-order valence-electron chi connectivity index (χ4n) is 3.18. The number of rotatable bonds is 6. The molecule has 0 saturated heterocycles. The van der Waals surface area contributed by atoms with Gasteiger partial charge in [0.15, 0.2) is 0 Å². The average Bonchev–Trinajstić information content (AvgIpc) is 2.74. The quantitative estimate of drug-likeness (QED) is 0.540. The van der Waals surface area contributed by atoms with Gasteiger partial charge in [-0.25, -0.2) is 9.59 Å². The molecule has 0 fully saturated rings. The van der Waals surface area contributed by atoms with Gasteiger partial charge in [-0.2, -0.15) is 0 Å². The molecule has 1 aliphatic heterocycles. The number of benzene rings is 2. The van der Waals surface area contributed by atoms with Gasteiger partial charge in [0.05, 0.1) is 6.54 Å². The second-order valence-electron chi connectivity index (χ2n) is 8.46. The Morgan fingerprint density at radius 3 is 2.68 bits per heavy atom. The summed E-state index contributed by atoms with van der Waals surface area (Å²) in [6, 6.07) is 15.3. The standard InChI is InChI=1S/C25H29NO5/c1-25(2,3)31-23(27)14-10-18-9-13-22-20(15-18)11-12-21(30-22)16-26-24(28)29-17-19-7-5-4-6-8-19/h4-10,13-15,21H,11-12,16-17H2,1-3H3,(H,26,28)/t21-/m1/s1. The van der Waals surface area contributed by atoms with Crippen LogP contribution in [0.25, 0.3) is 6.08 Å². The molecule has 0 aliphatic carbocycles. The molecule has 1 heterocycles. The summed E-state index contributed by atoms with van der Waals surface area (Å²) >= 11 is 0. The summed E-state index contributed by atoms with van der Waals surface area (Å²) in [5, 5.41) is 2.77. The minimum absolute atomic E-state index is 0.111. The van der Waals surface area contributed by atoms with Crippen molar-refractivity contribution in [3.8, 4) is 5.75 Å². The molecule has 2 aromatic rings. The van der Waals surface area contributed by atoms with E-state index >= 15 is 0 Å². The van der Waals surface area contributed by atoms with Gasteiger partial charge in [0.2, 0.25) is 0 Å². The summed E-state index contributed by atoms with van der Waals surface area (Å²) in [5.74, 6) is 0.428. The molecule has 1 atom stereocenters. The van der Waals surface area contributed by atoms with Crippen LogP contribution in [0.5, 0.6) is 5.75 Å². The molecule has 164 valence electrons. The molecule has 1 aliphatic rings. The van der Waals surface area contributed by atoms with Crippen molar-refractivity contribution in [3.05, 3.63) is 71.3 Å². The monoisotopic (exact) mass is 423 g/mol. The molecule has 0 saturated carbocycles. The molecule has 31 heavy (non-hydrogen) atoms. The van der Waals surface area contributed by atoms with Crippen LogP contribution in [0.2, 0.25) is 0 Å². The number of ether oxygens (including phenoxy) is 3. The molecule has 0 unspecified atom stereocenters. The van der Waals surface area contributed by atoms with Crippen molar-refractivity contribution in [1.29, 1.82) is 0 Å². The zero-order chi connectivity index (χ0) is 22.3. The van der Waals surface area contributed by atoms with Gasteiger partial charge >= 0.3 is 12.1 Å². The van der Waals surface area contributed by atoms with E-state index < -0.39 is 11.7 Å². The van der Waals surface area contributed by atoms with Gasteiger partial charge in [-0.1, -0.05) is 36.4 Å². The van der Waals surface area contributed by atoms with Crippen molar-refractivity contribution < 1.29 is 23.8 Å². The maximum atomic E-state index is 11.9. The Bertz CT molecular complexity index is 931. The minimum Gasteiger partial charge on any atom is -0.488 e. The lowest BCUT2D eigenvalue weighted by Gasteiger charge is -2.26. The Balaban J connectivity index is 1.46. The molecule has 3 rings (SSSR count). The number of fused-ring (bicyclic) bond motifs is 1. The van der Waals surface area contributed by atoms with Crippen molar-refractivity contribution in [2.75, 3.05) is 6.54 Å². The zero-order valence-corrected chi connectivity index (χ0v) is 18.2. The van der Waals surface area contributed by atoms with Gasteiger partial charge in [-0.15, -0.1) is 0 Å². The number of carbonyl (C=O) groups is 2. The molecule has 1 N–H and O–H groups in total. The van der Waals surface area contributed by atoms with Crippen LogP contribution in [0, 0.1) is 0 Å². The fourth-order valence-corrected chi connectivity index (χ4v) is 3.18. The first-order valence-electron chi connectivity index (χ1n) is 10.4. The van der Waals surface area contributed by atoms with Crippen LogP contribution >= 0.6 is 0 Å². The number of esters is 1. The SMILES string of the molecule is CC(C)(C)OC(=O)C=Cc1ccc2c(c1)CC[C@H](CNC(=O)OCc1ccccc1)O2. The Hall–Kier alpha value is -3.28. The van der Waals surface area contributed by atoms with Crippen LogP contribution < -0.4 is 10.1 Å². The Morgan fingerprint density at radius 2 is 1.94 bits per heavy atom. The molecular formula is C25H29NO5. The predicted molar refractivity (Wildman–Crippen MR) is 119 cm³/mol. The number of hydrogen-bond acceptors (Lipinski definition) is 5. The maximum Gasteiger partial charge on any atom is 0.407 e. The lowest BCUT2D eigenvalue weighted by molar-refractivity contribution is -0.148. The van der Waals surface area contributed by atoms with Gasteiger partial charge in [0.25, 0.3) is 0 Å². The van der Waals surface area contributed by atoms with E-state index in [4.69, 9.17) is 14.2 Å². The maximum absolute atomic E-state index is 11.9. The molecule has 0 spiro atoms. The first-order valence-corrected chi connectivity index (χ1v) is 10.4. The molecule has 2 aromatic carbocycles. The van der Waals surface area contributed by atoms with Crippen molar-refractivity contribution in [3.63, 3.8) is 0 Å². The van der Waals surface area contributed by atoms with Gasteiger partial charge in [-0.05, 0) is 68.5 Å². The van der Waals surface area contributed by atoms with E-state index in [1.165, 1.54) is 6.08 Å². The zero-order valence-electron chi connectivity index (χ0n) is 18.2. The van der Waals surface area contributed by atoms with E-state index in [0.717, 1.165) is 35.3 Å². The second kappa shape index (κ2) is 10.2. The molecule has 6 nitrogen and oxygen atoms in total. The van der Waals surface area contributed by atoms with Gasteiger partial charge in [0, 0.05) is 6.08 Å². The van der Waals surface area contributed by atoms with E-state index in [-0.39, 0.29) is 18.7 Å². The van der Waals surface area contributed by atoms with Crippen LogP contribution in [0.4, 0.5) is 4.79 Å². The first-order chi connectivity index (χ1) is 14.8. The third-order valence-corrected chi connectivity index (χ3v) is 4.62. The number of hydrogen-bond donors (Lipinski definition) is 1. The largest absolute Gasteiger partial charge is 0.488 e. The van der Waals surface area contributed by atoms with Crippen LogP contribution in [0.3, 0.4) is 0 Å². The van der Waals surface area contributed by atoms with E-state index in [9.17, 15) is 9.59 Å². The average molecular weight is 424 g/mol. The Morgan fingerprint density at radius 1 is 1.16 bits per heavy atom. The van der Waals surface area contributed by atoms with Crippen LogP contribution in [0.15, 0.2) is 54.6 Å². The highest BCUT2D eigenvalue weighted by molar-refractivity contribution is 5.87. The smallest absolute Gasteiger partial charge is 0.407 e. The van der Waals surface area contributed by atoms with E-state index in [1.807, 2.05) is 69.3 Å². The molecule has 6 heteroatoms. The number of carbonyl (C=O) groups excluding carboxylic acids is 2.